The van der Waals surface area contributed by atoms with Crippen LogP contribution in [0, 0.1) is 5.92 Å². The fourth-order valence-electron chi connectivity index (χ4n) is 2.61. The Morgan fingerprint density at radius 3 is 2.89 bits per heavy atom. The molecule has 0 spiro atoms. The second-order valence-electron chi connectivity index (χ2n) is 5.22. The van der Waals surface area contributed by atoms with Crippen molar-refractivity contribution in [2.24, 2.45) is 11.7 Å². The first kappa shape index (κ1) is 15.0. The van der Waals surface area contributed by atoms with Crippen LogP contribution in [0.25, 0.3) is 0 Å². The number of thiophene rings is 1. The maximum Gasteiger partial charge on any atom is 0.220 e. The number of hydrogen-bond donors (Lipinski definition) is 2. The van der Waals surface area contributed by atoms with Crippen LogP contribution in [0.15, 0.2) is 15.9 Å². The predicted octanol–water partition coefficient (Wildman–Crippen LogP) is 3.08. The van der Waals surface area contributed by atoms with Crippen molar-refractivity contribution in [1.82, 2.24) is 5.32 Å². The summed E-state index contributed by atoms with van der Waals surface area (Å²) >= 11 is 5.16. The molecule has 2 rings (SSSR count). The largest absolute Gasteiger partial charge is 0.356 e. The summed E-state index contributed by atoms with van der Waals surface area (Å²) < 4.78 is 1.14. The Morgan fingerprint density at radius 1 is 1.42 bits per heavy atom. The molecular weight excluding hydrogens is 324 g/mol. The number of nitrogens with two attached hydrogens (primary N) is 1. The molecule has 0 saturated heterocycles. The van der Waals surface area contributed by atoms with Crippen LogP contribution in [0.3, 0.4) is 0 Å². The van der Waals surface area contributed by atoms with E-state index in [9.17, 15) is 4.79 Å². The van der Waals surface area contributed by atoms with E-state index in [4.69, 9.17) is 5.73 Å². The monoisotopic (exact) mass is 344 g/mol. The lowest BCUT2D eigenvalue weighted by Crippen LogP contribution is -2.37. The minimum atomic E-state index is 0.151. The van der Waals surface area contributed by atoms with Gasteiger partial charge in [-0.05, 0) is 53.2 Å². The summed E-state index contributed by atoms with van der Waals surface area (Å²) in [5, 5.41) is 3.01. The van der Waals surface area contributed by atoms with Crippen LogP contribution in [0.1, 0.15) is 37.0 Å². The lowest BCUT2D eigenvalue weighted by Gasteiger charge is -2.27. The van der Waals surface area contributed by atoms with Crippen molar-refractivity contribution in [2.75, 3.05) is 6.54 Å². The molecule has 0 aliphatic heterocycles. The van der Waals surface area contributed by atoms with E-state index in [1.807, 2.05) is 6.07 Å². The molecule has 1 aliphatic rings. The normalized spacial score (nSPS) is 23.3. The highest BCUT2D eigenvalue weighted by atomic mass is 79.9. The molecule has 0 bridgehead atoms. The highest BCUT2D eigenvalue weighted by Gasteiger charge is 2.23. The first-order chi connectivity index (χ1) is 9.15. The van der Waals surface area contributed by atoms with Crippen LogP contribution in [-0.4, -0.2) is 18.5 Å². The Bertz CT molecular complexity index is 421. The average Bonchev–Trinajstić information content (AvgIpc) is 2.78. The minimum Gasteiger partial charge on any atom is -0.356 e. The molecule has 1 aromatic rings. The molecule has 1 fully saturated rings. The summed E-state index contributed by atoms with van der Waals surface area (Å²) in [5.74, 6) is 0.530. The number of rotatable bonds is 5. The first-order valence-corrected chi connectivity index (χ1v) is 8.52. The molecule has 1 aliphatic carbocycles. The molecule has 0 radical (unpaired) electrons. The maximum atomic E-state index is 11.9. The molecule has 1 amide bonds. The van der Waals surface area contributed by atoms with Crippen LogP contribution in [0.5, 0.6) is 0 Å². The molecule has 5 heteroatoms. The van der Waals surface area contributed by atoms with Gasteiger partial charge in [0.25, 0.3) is 0 Å². The number of hydrogen-bond acceptors (Lipinski definition) is 3. The lowest BCUT2D eigenvalue weighted by atomic mass is 9.83. The second-order valence-corrected chi connectivity index (χ2v) is 7.77. The first-order valence-electron chi connectivity index (χ1n) is 6.91. The van der Waals surface area contributed by atoms with Gasteiger partial charge in [-0.3, -0.25) is 4.79 Å². The topological polar surface area (TPSA) is 55.1 Å². The number of carbonyl (C=O) groups excluding carboxylic acids is 1. The predicted molar refractivity (Wildman–Crippen MR) is 83.3 cm³/mol. The van der Waals surface area contributed by atoms with Gasteiger partial charge in [0.2, 0.25) is 5.91 Å². The Morgan fingerprint density at radius 2 is 2.21 bits per heavy atom. The van der Waals surface area contributed by atoms with Gasteiger partial charge in [0, 0.05) is 23.9 Å². The fraction of sp³-hybridized carbons (Fsp3) is 0.643. The Balaban J connectivity index is 1.66. The summed E-state index contributed by atoms with van der Waals surface area (Å²) in [6.45, 7) is 0.716. The van der Waals surface area contributed by atoms with Crippen molar-refractivity contribution in [3.05, 3.63) is 20.8 Å². The van der Waals surface area contributed by atoms with E-state index in [2.05, 4.69) is 27.3 Å². The third kappa shape index (κ3) is 4.89. The van der Waals surface area contributed by atoms with Crippen LogP contribution < -0.4 is 11.1 Å². The van der Waals surface area contributed by atoms with Gasteiger partial charge in [0.05, 0.1) is 3.79 Å². The molecule has 3 N–H and O–H groups in total. The molecule has 19 heavy (non-hydrogen) atoms. The molecule has 2 atom stereocenters. The van der Waals surface area contributed by atoms with E-state index in [0.717, 1.165) is 23.0 Å². The van der Waals surface area contributed by atoms with Crippen molar-refractivity contribution in [2.45, 2.75) is 44.6 Å². The number of nitrogens with one attached hydrogen (secondary N) is 1. The molecule has 3 nitrogen and oxygen atoms in total. The molecule has 1 heterocycles. The molecule has 1 saturated carbocycles. The zero-order valence-electron chi connectivity index (χ0n) is 11.0. The van der Waals surface area contributed by atoms with Gasteiger partial charge < -0.3 is 11.1 Å². The van der Waals surface area contributed by atoms with E-state index in [-0.39, 0.29) is 11.9 Å². The van der Waals surface area contributed by atoms with Crippen molar-refractivity contribution in [3.8, 4) is 0 Å². The number of carbonyl (C=O) groups is 1. The quantitative estimate of drug-likeness (QED) is 0.862. The van der Waals surface area contributed by atoms with Crippen LogP contribution >= 0.6 is 27.3 Å². The number of amides is 1. The molecule has 2 unspecified atom stereocenters. The zero-order valence-corrected chi connectivity index (χ0v) is 13.4. The van der Waals surface area contributed by atoms with Crippen LogP contribution in [0.4, 0.5) is 0 Å². The molecule has 0 aromatic carbocycles. The van der Waals surface area contributed by atoms with Gasteiger partial charge in [-0.15, -0.1) is 11.3 Å². The highest BCUT2D eigenvalue weighted by Crippen LogP contribution is 2.25. The molecule has 106 valence electrons. The second kappa shape index (κ2) is 7.41. The van der Waals surface area contributed by atoms with Crippen molar-refractivity contribution < 1.29 is 4.79 Å². The minimum absolute atomic E-state index is 0.151. The van der Waals surface area contributed by atoms with Gasteiger partial charge in [-0.1, -0.05) is 12.8 Å². The molecule has 1 aromatic heterocycles. The van der Waals surface area contributed by atoms with E-state index in [1.165, 1.54) is 17.7 Å². The Hall–Kier alpha value is -0.390. The lowest BCUT2D eigenvalue weighted by molar-refractivity contribution is -0.122. The summed E-state index contributed by atoms with van der Waals surface area (Å²) in [4.78, 5) is 13.2. The van der Waals surface area contributed by atoms with Crippen molar-refractivity contribution >= 4 is 33.2 Å². The van der Waals surface area contributed by atoms with Gasteiger partial charge >= 0.3 is 0 Å². The maximum absolute atomic E-state index is 11.9. The van der Waals surface area contributed by atoms with Gasteiger partial charge in [-0.25, -0.2) is 0 Å². The van der Waals surface area contributed by atoms with E-state index < -0.39 is 0 Å². The highest BCUT2D eigenvalue weighted by molar-refractivity contribution is 9.11. The van der Waals surface area contributed by atoms with E-state index in [0.29, 0.717) is 18.9 Å². The van der Waals surface area contributed by atoms with Crippen LogP contribution in [0.2, 0.25) is 0 Å². The van der Waals surface area contributed by atoms with Gasteiger partial charge in [-0.2, -0.15) is 0 Å². The standard InChI is InChI=1S/C14H21BrN2OS/c15-13-6-5-11(19-13)7-8-17-14(18)9-10-3-1-2-4-12(10)16/h5-6,10,12H,1-4,7-9,16H2,(H,17,18). The molecular formula is C14H21BrN2OS. The van der Waals surface area contributed by atoms with Gasteiger partial charge in [0.1, 0.15) is 0 Å². The zero-order chi connectivity index (χ0) is 13.7. The summed E-state index contributed by atoms with van der Waals surface area (Å²) in [6, 6.07) is 4.36. The number of halogens is 1. The summed E-state index contributed by atoms with van der Waals surface area (Å²) in [6.07, 6.45) is 6.10. The van der Waals surface area contributed by atoms with E-state index in [1.54, 1.807) is 11.3 Å². The van der Waals surface area contributed by atoms with Gasteiger partial charge in [0.15, 0.2) is 0 Å². The average molecular weight is 345 g/mol. The van der Waals surface area contributed by atoms with Crippen LogP contribution in [-0.2, 0) is 11.2 Å². The third-order valence-corrected chi connectivity index (χ3v) is 5.42. The summed E-state index contributed by atoms with van der Waals surface area (Å²) in [5.41, 5.74) is 6.07. The van der Waals surface area contributed by atoms with Crippen molar-refractivity contribution in [3.63, 3.8) is 0 Å². The Labute approximate surface area is 127 Å². The Kier molecular flexibility index (Phi) is 5.85. The SMILES string of the molecule is NC1CCCCC1CC(=O)NCCc1ccc(Br)s1. The fourth-order valence-corrected chi connectivity index (χ4v) is 4.09. The van der Waals surface area contributed by atoms with E-state index >= 15 is 0 Å². The third-order valence-electron chi connectivity index (χ3n) is 3.74. The smallest absolute Gasteiger partial charge is 0.220 e. The van der Waals surface area contributed by atoms with Crippen molar-refractivity contribution in [1.29, 1.82) is 0 Å². The summed E-state index contributed by atoms with van der Waals surface area (Å²) in [7, 11) is 0.